The minimum absolute atomic E-state index is 0.257. The van der Waals surface area contributed by atoms with Crippen LogP contribution in [0.3, 0.4) is 0 Å². The lowest BCUT2D eigenvalue weighted by Gasteiger charge is -2.19. The molecule has 6 heteroatoms. The average molecular weight is 311 g/mol. The standard InChI is InChI=1S/C12H11BrN2O3/c13-9-3-1-2-8(6-9)11-14-12(18-15-11)10-7-16-4-5-17-10/h1-3,6,10H,4-5,7H2/t10-/m0/s1. The Kier molecular flexibility index (Phi) is 3.40. The van der Waals surface area contributed by atoms with Crippen molar-refractivity contribution in [3.05, 3.63) is 34.6 Å². The molecule has 0 N–H and O–H groups in total. The van der Waals surface area contributed by atoms with Gasteiger partial charge in [-0.05, 0) is 12.1 Å². The summed E-state index contributed by atoms with van der Waals surface area (Å²) in [5, 5.41) is 3.96. The molecule has 1 aliphatic rings. The summed E-state index contributed by atoms with van der Waals surface area (Å²) in [7, 11) is 0. The topological polar surface area (TPSA) is 57.4 Å². The maximum Gasteiger partial charge on any atom is 0.258 e. The first-order valence-corrected chi connectivity index (χ1v) is 6.41. The van der Waals surface area contributed by atoms with Gasteiger partial charge in [0, 0.05) is 10.0 Å². The quantitative estimate of drug-likeness (QED) is 0.853. The summed E-state index contributed by atoms with van der Waals surface area (Å²) in [6, 6.07) is 7.74. The fraction of sp³-hybridized carbons (Fsp3) is 0.333. The summed E-state index contributed by atoms with van der Waals surface area (Å²) in [5.41, 5.74) is 0.899. The highest BCUT2D eigenvalue weighted by Crippen LogP contribution is 2.24. The van der Waals surface area contributed by atoms with Crippen LogP contribution in [0.5, 0.6) is 0 Å². The number of hydrogen-bond donors (Lipinski definition) is 0. The van der Waals surface area contributed by atoms with Crippen molar-refractivity contribution < 1.29 is 14.0 Å². The Hall–Kier alpha value is -1.24. The predicted octanol–water partition coefficient (Wildman–Crippen LogP) is 2.59. The highest BCUT2D eigenvalue weighted by atomic mass is 79.9. The minimum atomic E-state index is -0.257. The van der Waals surface area contributed by atoms with Crippen LogP contribution in [-0.2, 0) is 9.47 Å². The second-order valence-corrected chi connectivity index (χ2v) is 4.82. The molecule has 0 radical (unpaired) electrons. The van der Waals surface area contributed by atoms with E-state index in [9.17, 15) is 0 Å². The molecule has 2 aromatic rings. The van der Waals surface area contributed by atoms with Gasteiger partial charge in [-0.3, -0.25) is 0 Å². The van der Waals surface area contributed by atoms with Crippen LogP contribution in [0.1, 0.15) is 12.0 Å². The van der Waals surface area contributed by atoms with Crippen molar-refractivity contribution in [1.82, 2.24) is 10.1 Å². The van der Waals surface area contributed by atoms with Crippen molar-refractivity contribution in [2.24, 2.45) is 0 Å². The highest BCUT2D eigenvalue weighted by molar-refractivity contribution is 9.10. The zero-order chi connectivity index (χ0) is 12.4. The van der Waals surface area contributed by atoms with E-state index in [4.69, 9.17) is 14.0 Å². The highest BCUT2D eigenvalue weighted by Gasteiger charge is 2.23. The average Bonchev–Trinajstić information content (AvgIpc) is 2.89. The van der Waals surface area contributed by atoms with Crippen LogP contribution in [-0.4, -0.2) is 30.0 Å². The van der Waals surface area contributed by atoms with Gasteiger partial charge < -0.3 is 14.0 Å². The fourth-order valence-electron chi connectivity index (χ4n) is 1.74. The molecule has 5 nitrogen and oxygen atoms in total. The van der Waals surface area contributed by atoms with Gasteiger partial charge in [0.15, 0.2) is 6.10 Å². The van der Waals surface area contributed by atoms with Gasteiger partial charge >= 0.3 is 0 Å². The lowest BCUT2D eigenvalue weighted by Crippen LogP contribution is -2.22. The molecule has 1 aromatic heterocycles. The van der Waals surface area contributed by atoms with Gasteiger partial charge in [-0.1, -0.05) is 33.2 Å². The van der Waals surface area contributed by atoms with E-state index in [-0.39, 0.29) is 6.10 Å². The third kappa shape index (κ3) is 2.45. The van der Waals surface area contributed by atoms with Crippen LogP contribution in [0.25, 0.3) is 11.4 Å². The third-order valence-corrected chi connectivity index (χ3v) is 3.11. The zero-order valence-corrected chi connectivity index (χ0v) is 11.1. The summed E-state index contributed by atoms with van der Waals surface area (Å²) in [6.45, 7) is 1.63. The maximum atomic E-state index is 5.51. The molecule has 0 unspecified atom stereocenters. The van der Waals surface area contributed by atoms with Crippen LogP contribution in [0, 0.1) is 0 Å². The van der Waals surface area contributed by atoms with Gasteiger partial charge in [-0.25, -0.2) is 0 Å². The van der Waals surface area contributed by atoms with E-state index in [0.29, 0.717) is 31.5 Å². The Morgan fingerprint density at radius 1 is 1.28 bits per heavy atom. The number of halogens is 1. The number of aromatic nitrogens is 2. The normalized spacial score (nSPS) is 19.9. The zero-order valence-electron chi connectivity index (χ0n) is 9.51. The van der Waals surface area contributed by atoms with Gasteiger partial charge in [-0.15, -0.1) is 0 Å². The molecule has 18 heavy (non-hydrogen) atoms. The number of hydrogen-bond acceptors (Lipinski definition) is 5. The van der Waals surface area contributed by atoms with E-state index < -0.39 is 0 Å². The van der Waals surface area contributed by atoms with E-state index in [1.54, 1.807) is 0 Å². The molecule has 1 saturated heterocycles. The van der Waals surface area contributed by atoms with Crippen LogP contribution >= 0.6 is 15.9 Å². The largest absolute Gasteiger partial charge is 0.376 e. The molecular formula is C12H11BrN2O3. The van der Waals surface area contributed by atoms with Crippen molar-refractivity contribution in [3.63, 3.8) is 0 Å². The van der Waals surface area contributed by atoms with E-state index in [1.165, 1.54) is 0 Å². The van der Waals surface area contributed by atoms with Crippen molar-refractivity contribution in [3.8, 4) is 11.4 Å². The molecule has 2 heterocycles. The van der Waals surface area contributed by atoms with Gasteiger partial charge in [0.1, 0.15) is 0 Å². The Bertz CT molecular complexity index is 538. The van der Waals surface area contributed by atoms with Gasteiger partial charge in [0.25, 0.3) is 5.89 Å². The third-order valence-electron chi connectivity index (χ3n) is 2.62. The van der Waals surface area contributed by atoms with Crippen molar-refractivity contribution in [2.45, 2.75) is 6.10 Å². The Labute approximate surface area is 112 Å². The molecule has 0 bridgehead atoms. The van der Waals surface area contributed by atoms with Gasteiger partial charge in [0.2, 0.25) is 5.82 Å². The number of nitrogens with zero attached hydrogens (tertiary/aromatic N) is 2. The second-order valence-electron chi connectivity index (χ2n) is 3.90. The number of rotatable bonds is 2. The first-order valence-electron chi connectivity index (χ1n) is 5.62. The Morgan fingerprint density at radius 3 is 3.00 bits per heavy atom. The molecule has 0 spiro atoms. The van der Waals surface area contributed by atoms with Crippen LogP contribution in [0.4, 0.5) is 0 Å². The summed E-state index contributed by atoms with van der Waals surface area (Å²) in [4.78, 5) is 4.34. The minimum Gasteiger partial charge on any atom is -0.376 e. The fourth-order valence-corrected chi connectivity index (χ4v) is 2.14. The van der Waals surface area contributed by atoms with Crippen molar-refractivity contribution in [1.29, 1.82) is 0 Å². The SMILES string of the molecule is Brc1cccc(-c2noc([C@@H]3COCCO3)n2)c1. The molecular weight excluding hydrogens is 300 g/mol. The molecule has 0 saturated carbocycles. The summed E-state index contributed by atoms with van der Waals surface area (Å²) in [6.07, 6.45) is -0.257. The van der Waals surface area contributed by atoms with E-state index in [2.05, 4.69) is 26.1 Å². The molecule has 1 aliphatic heterocycles. The summed E-state index contributed by atoms with van der Waals surface area (Å²) >= 11 is 3.41. The molecule has 94 valence electrons. The van der Waals surface area contributed by atoms with Gasteiger partial charge in [-0.2, -0.15) is 4.98 Å². The van der Waals surface area contributed by atoms with Crippen molar-refractivity contribution >= 4 is 15.9 Å². The summed E-state index contributed by atoms with van der Waals surface area (Å²) < 4.78 is 17.0. The molecule has 0 amide bonds. The van der Waals surface area contributed by atoms with E-state index >= 15 is 0 Å². The molecule has 1 fully saturated rings. The van der Waals surface area contributed by atoms with E-state index in [1.807, 2.05) is 24.3 Å². The summed E-state index contributed by atoms with van der Waals surface area (Å²) in [5.74, 6) is 1.02. The second kappa shape index (κ2) is 5.17. The smallest absolute Gasteiger partial charge is 0.258 e. The molecule has 0 aliphatic carbocycles. The van der Waals surface area contributed by atoms with Crippen LogP contribution < -0.4 is 0 Å². The van der Waals surface area contributed by atoms with Crippen molar-refractivity contribution in [2.75, 3.05) is 19.8 Å². The monoisotopic (exact) mass is 310 g/mol. The molecule has 1 atom stereocenters. The number of ether oxygens (including phenoxy) is 2. The van der Waals surface area contributed by atoms with Crippen LogP contribution in [0.15, 0.2) is 33.3 Å². The predicted molar refractivity (Wildman–Crippen MR) is 66.9 cm³/mol. The first-order chi connectivity index (χ1) is 8.83. The number of benzene rings is 1. The Morgan fingerprint density at radius 2 is 2.22 bits per heavy atom. The Balaban J connectivity index is 1.84. The maximum absolute atomic E-state index is 5.51. The molecule has 1 aromatic carbocycles. The lowest BCUT2D eigenvalue weighted by molar-refractivity contribution is -0.101. The van der Waals surface area contributed by atoms with E-state index in [0.717, 1.165) is 10.0 Å². The van der Waals surface area contributed by atoms with Gasteiger partial charge in [0.05, 0.1) is 19.8 Å². The lowest BCUT2D eigenvalue weighted by atomic mass is 10.2. The van der Waals surface area contributed by atoms with Crippen LogP contribution in [0.2, 0.25) is 0 Å². The first kappa shape index (κ1) is 11.8. The molecule has 3 rings (SSSR count).